The number of anilines is 1. The lowest BCUT2D eigenvalue weighted by atomic mass is 9.99. The van der Waals surface area contributed by atoms with Crippen molar-refractivity contribution in [3.63, 3.8) is 0 Å². The van der Waals surface area contributed by atoms with Gasteiger partial charge in [-0.3, -0.25) is 9.52 Å². The molecule has 2 heterocycles. The van der Waals surface area contributed by atoms with Crippen LogP contribution < -0.4 is 4.72 Å². The van der Waals surface area contributed by atoms with Crippen LogP contribution in [-0.2, 0) is 19.7 Å². The predicted octanol–water partition coefficient (Wildman–Crippen LogP) is 1.28. The summed E-state index contributed by atoms with van der Waals surface area (Å²) in [6.07, 6.45) is 2.35. The number of nitrogens with zero attached hydrogens (tertiary/aromatic N) is 2. The van der Waals surface area contributed by atoms with Gasteiger partial charge >= 0.3 is 16.2 Å². The summed E-state index contributed by atoms with van der Waals surface area (Å²) in [6.45, 7) is 0.514. The molecule has 1 fully saturated rings. The van der Waals surface area contributed by atoms with Gasteiger partial charge in [0.25, 0.3) is 0 Å². The number of aromatic nitrogens is 1. The highest BCUT2D eigenvalue weighted by Crippen LogP contribution is 2.24. The number of halogens is 1. The molecule has 0 radical (unpaired) electrons. The minimum Gasteiger partial charge on any atom is -0.469 e. The zero-order chi connectivity index (χ0) is 15.5. The number of methoxy groups -OCH3 is 1. The van der Waals surface area contributed by atoms with Crippen LogP contribution in [0.2, 0.25) is 5.15 Å². The number of rotatable bonds is 4. The van der Waals surface area contributed by atoms with Gasteiger partial charge in [-0.1, -0.05) is 11.6 Å². The first-order valence-electron chi connectivity index (χ1n) is 6.40. The third kappa shape index (κ3) is 3.84. The summed E-state index contributed by atoms with van der Waals surface area (Å²) in [5.74, 6) is -0.543. The van der Waals surface area contributed by atoms with Crippen LogP contribution in [0.4, 0.5) is 5.69 Å². The van der Waals surface area contributed by atoms with Gasteiger partial charge in [-0.25, -0.2) is 4.98 Å². The third-order valence-electron chi connectivity index (χ3n) is 3.33. The molecule has 1 aliphatic heterocycles. The van der Waals surface area contributed by atoms with E-state index in [-0.39, 0.29) is 35.8 Å². The summed E-state index contributed by atoms with van der Waals surface area (Å²) in [6, 6.07) is 3.13. The molecule has 0 bridgehead atoms. The van der Waals surface area contributed by atoms with E-state index in [0.717, 1.165) is 0 Å². The van der Waals surface area contributed by atoms with Crippen molar-refractivity contribution in [1.82, 2.24) is 9.29 Å². The highest BCUT2D eigenvalue weighted by molar-refractivity contribution is 7.90. The minimum atomic E-state index is -3.71. The minimum absolute atomic E-state index is 0.0884. The Balaban J connectivity index is 2.02. The first-order chi connectivity index (χ1) is 9.94. The second-order valence-electron chi connectivity index (χ2n) is 4.65. The highest BCUT2D eigenvalue weighted by Gasteiger charge is 2.31. The van der Waals surface area contributed by atoms with Gasteiger partial charge in [0.1, 0.15) is 0 Å². The van der Waals surface area contributed by atoms with Crippen LogP contribution in [0.5, 0.6) is 0 Å². The maximum absolute atomic E-state index is 12.3. The van der Waals surface area contributed by atoms with E-state index in [4.69, 9.17) is 11.6 Å². The molecule has 1 N–H and O–H groups in total. The molecule has 1 saturated heterocycles. The van der Waals surface area contributed by atoms with Gasteiger partial charge in [0.2, 0.25) is 0 Å². The Morgan fingerprint density at radius 2 is 2.14 bits per heavy atom. The lowest BCUT2D eigenvalue weighted by Gasteiger charge is -2.30. The number of esters is 1. The lowest BCUT2D eigenvalue weighted by Crippen LogP contribution is -2.43. The van der Waals surface area contributed by atoms with Crippen LogP contribution in [-0.4, -0.2) is 43.9 Å². The van der Waals surface area contributed by atoms with E-state index in [1.165, 1.54) is 23.7 Å². The summed E-state index contributed by atoms with van der Waals surface area (Å²) in [4.78, 5) is 15.2. The van der Waals surface area contributed by atoms with E-state index >= 15 is 0 Å². The van der Waals surface area contributed by atoms with E-state index in [1.807, 2.05) is 0 Å². The molecule has 0 saturated carbocycles. The molecule has 0 aromatic carbocycles. The Bertz CT molecular complexity index is 615. The molecule has 2 rings (SSSR count). The number of hydrogen-bond donors (Lipinski definition) is 1. The number of carbonyl (C=O) groups is 1. The van der Waals surface area contributed by atoms with Gasteiger partial charge in [0.05, 0.1) is 18.7 Å². The zero-order valence-corrected chi connectivity index (χ0v) is 13.0. The summed E-state index contributed by atoms with van der Waals surface area (Å²) in [7, 11) is -2.38. The molecule has 1 aliphatic rings. The monoisotopic (exact) mass is 333 g/mol. The van der Waals surface area contributed by atoms with Crippen molar-refractivity contribution in [1.29, 1.82) is 0 Å². The number of ether oxygens (including phenoxy) is 1. The normalized spacial score (nSPS) is 17.4. The Morgan fingerprint density at radius 1 is 1.48 bits per heavy atom. The lowest BCUT2D eigenvalue weighted by molar-refractivity contribution is -0.146. The van der Waals surface area contributed by atoms with Gasteiger partial charge in [0, 0.05) is 19.3 Å². The zero-order valence-electron chi connectivity index (χ0n) is 11.5. The molecule has 0 unspecified atom stereocenters. The van der Waals surface area contributed by atoms with Crippen molar-refractivity contribution >= 4 is 33.5 Å². The van der Waals surface area contributed by atoms with E-state index in [0.29, 0.717) is 12.8 Å². The average Bonchev–Trinajstić information content (AvgIpc) is 2.49. The number of piperidine rings is 1. The van der Waals surface area contributed by atoms with Gasteiger partial charge in [-0.2, -0.15) is 12.7 Å². The predicted molar refractivity (Wildman–Crippen MR) is 78.1 cm³/mol. The molecule has 1 aromatic heterocycles. The molecule has 0 atom stereocenters. The van der Waals surface area contributed by atoms with Crippen molar-refractivity contribution in [2.75, 3.05) is 24.9 Å². The van der Waals surface area contributed by atoms with Crippen LogP contribution >= 0.6 is 11.6 Å². The van der Waals surface area contributed by atoms with E-state index in [2.05, 4.69) is 14.4 Å². The largest absolute Gasteiger partial charge is 0.469 e. The Hall–Kier alpha value is -1.38. The smallest absolute Gasteiger partial charge is 0.308 e. The molecule has 1 aromatic rings. The highest BCUT2D eigenvalue weighted by atomic mass is 35.5. The van der Waals surface area contributed by atoms with Crippen molar-refractivity contribution in [3.8, 4) is 0 Å². The van der Waals surface area contributed by atoms with Crippen molar-refractivity contribution in [2.45, 2.75) is 12.8 Å². The number of nitrogens with one attached hydrogen (secondary N) is 1. The molecule has 116 valence electrons. The summed E-state index contributed by atoms with van der Waals surface area (Å²) < 4.78 is 32.9. The fraction of sp³-hybridized carbons (Fsp3) is 0.500. The van der Waals surface area contributed by atoms with E-state index in [1.54, 1.807) is 6.07 Å². The molecule has 7 nitrogen and oxygen atoms in total. The van der Waals surface area contributed by atoms with Gasteiger partial charge in [-0.05, 0) is 25.0 Å². The van der Waals surface area contributed by atoms with Crippen LogP contribution in [0.3, 0.4) is 0 Å². The topological polar surface area (TPSA) is 88.6 Å². The molecular formula is C12H16ClN3O4S. The fourth-order valence-electron chi connectivity index (χ4n) is 2.16. The quantitative estimate of drug-likeness (QED) is 0.662. The van der Waals surface area contributed by atoms with Crippen LogP contribution in [0.1, 0.15) is 12.8 Å². The molecular weight excluding hydrogens is 318 g/mol. The van der Waals surface area contributed by atoms with Crippen molar-refractivity contribution in [3.05, 3.63) is 23.5 Å². The van der Waals surface area contributed by atoms with E-state index < -0.39 is 10.2 Å². The maximum Gasteiger partial charge on any atom is 0.308 e. The number of hydrogen-bond acceptors (Lipinski definition) is 5. The summed E-state index contributed by atoms with van der Waals surface area (Å²) >= 11 is 5.83. The Morgan fingerprint density at radius 3 is 2.71 bits per heavy atom. The Labute approximate surface area is 128 Å². The molecule has 0 amide bonds. The SMILES string of the molecule is COC(=O)C1CCN(S(=O)(=O)Nc2cccnc2Cl)CC1. The van der Waals surface area contributed by atoms with Crippen molar-refractivity contribution in [2.24, 2.45) is 5.92 Å². The van der Waals surface area contributed by atoms with Crippen LogP contribution in [0.25, 0.3) is 0 Å². The van der Waals surface area contributed by atoms with Gasteiger partial charge < -0.3 is 4.74 Å². The average molecular weight is 334 g/mol. The van der Waals surface area contributed by atoms with E-state index in [9.17, 15) is 13.2 Å². The second-order valence-corrected chi connectivity index (χ2v) is 6.67. The summed E-state index contributed by atoms with van der Waals surface area (Å²) in [5, 5.41) is 0.0884. The Kier molecular flexibility index (Phi) is 5.02. The van der Waals surface area contributed by atoms with Gasteiger partial charge in [-0.15, -0.1) is 0 Å². The molecule has 0 spiro atoms. The fourth-order valence-corrected chi connectivity index (χ4v) is 3.65. The second kappa shape index (κ2) is 6.59. The molecule has 21 heavy (non-hydrogen) atoms. The first-order valence-corrected chi connectivity index (χ1v) is 8.22. The van der Waals surface area contributed by atoms with Crippen LogP contribution in [0.15, 0.2) is 18.3 Å². The standard InChI is InChI=1S/C12H16ClN3O4S/c1-20-12(17)9-4-7-16(8-5-9)21(18,19)15-10-3-2-6-14-11(10)13/h2-3,6,9,15H,4-5,7-8H2,1H3. The molecule has 0 aliphatic carbocycles. The van der Waals surface area contributed by atoms with Crippen molar-refractivity contribution < 1.29 is 17.9 Å². The molecule has 9 heteroatoms. The number of pyridine rings is 1. The third-order valence-corrected chi connectivity index (χ3v) is 5.15. The maximum atomic E-state index is 12.3. The van der Waals surface area contributed by atoms with Gasteiger partial charge in [0.15, 0.2) is 5.15 Å². The number of carbonyl (C=O) groups excluding carboxylic acids is 1. The first kappa shape index (κ1) is 16.0. The summed E-state index contributed by atoms with van der Waals surface area (Å²) in [5.41, 5.74) is 0.231. The van der Waals surface area contributed by atoms with Crippen LogP contribution in [0, 0.1) is 5.92 Å².